The summed E-state index contributed by atoms with van der Waals surface area (Å²) in [6, 6.07) is 0. The van der Waals surface area contributed by atoms with E-state index in [1.54, 1.807) is 13.8 Å². The van der Waals surface area contributed by atoms with Gasteiger partial charge >= 0.3 is 23.9 Å². The predicted molar refractivity (Wildman–Crippen MR) is 234 cm³/mol. The summed E-state index contributed by atoms with van der Waals surface area (Å²) < 4.78 is 40.6. The Morgan fingerprint density at radius 3 is 1.03 bits per heavy atom. The van der Waals surface area contributed by atoms with Gasteiger partial charge in [-0.3, -0.25) is 0 Å². The molecule has 0 aromatic rings. The van der Waals surface area contributed by atoms with Crippen molar-refractivity contribution >= 4 is 23.9 Å². The van der Waals surface area contributed by atoms with Crippen molar-refractivity contribution in [1.29, 1.82) is 0 Å². The molecule has 0 rings (SSSR count). The molecule has 2 atom stereocenters. The molecule has 0 N–H and O–H groups in total. The van der Waals surface area contributed by atoms with Gasteiger partial charge in [-0.15, -0.1) is 0 Å². The van der Waals surface area contributed by atoms with Gasteiger partial charge in [0.25, 0.3) is 0 Å². The Morgan fingerprint density at radius 1 is 0.448 bits per heavy atom. The summed E-state index contributed by atoms with van der Waals surface area (Å²) in [6.07, 6.45) is 16.3. The average molecular weight is 829 g/mol. The highest BCUT2D eigenvalue weighted by Gasteiger charge is 2.08. The third-order valence-electron chi connectivity index (χ3n) is 7.97. The van der Waals surface area contributed by atoms with Gasteiger partial charge in [-0.05, 0) is 51.4 Å². The van der Waals surface area contributed by atoms with Gasteiger partial charge in [0.15, 0.2) is 0 Å². The van der Waals surface area contributed by atoms with E-state index in [1.807, 2.05) is 0 Å². The summed E-state index contributed by atoms with van der Waals surface area (Å²) in [5, 5.41) is 0. The minimum Gasteiger partial charge on any atom is -0.460 e. The second-order valence-corrected chi connectivity index (χ2v) is 13.5. The molecule has 0 saturated heterocycles. The molecular formula is C46H84O12. The Hall–Kier alpha value is -3.32. The SMILES string of the molecule is C=C(C)C(=O)OCCOCC(CC)CCCC.C=C(C)C(=O)OCCOCCCC.C=CC(=O)OCCOCC(CC)CCCC.C=CC(=O)OCCOCCCC. The number of unbranched alkanes of at least 4 members (excludes halogenated alkanes) is 4. The average Bonchev–Trinajstić information content (AvgIpc) is 3.22. The van der Waals surface area contributed by atoms with Crippen LogP contribution in [0.2, 0.25) is 0 Å². The van der Waals surface area contributed by atoms with Gasteiger partial charge < -0.3 is 37.9 Å². The van der Waals surface area contributed by atoms with E-state index in [0.29, 0.717) is 75.8 Å². The van der Waals surface area contributed by atoms with Crippen molar-refractivity contribution in [3.05, 3.63) is 49.6 Å². The largest absolute Gasteiger partial charge is 0.460 e. The molecule has 2 unspecified atom stereocenters. The first-order valence-electron chi connectivity index (χ1n) is 21.4. The third kappa shape index (κ3) is 50.7. The highest BCUT2D eigenvalue weighted by atomic mass is 16.6. The third-order valence-corrected chi connectivity index (χ3v) is 7.97. The van der Waals surface area contributed by atoms with Crippen molar-refractivity contribution in [3.63, 3.8) is 0 Å². The zero-order chi connectivity index (χ0) is 44.7. The van der Waals surface area contributed by atoms with Gasteiger partial charge in [0.1, 0.15) is 26.4 Å². The maximum atomic E-state index is 11.1. The monoisotopic (exact) mass is 829 g/mol. The molecule has 0 aliphatic rings. The number of carbonyl (C=O) groups is 4. The summed E-state index contributed by atoms with van der Waals surface area (Å²) in [5.41, 5.74) is 0.855. The van der Waals surface area contributed by atoms with E-state index in [1.165, 1.54) is 38.5 Å². The maximum Gasteiger partial charge on any atom is 0.333 e. The fraction of sp³-hybridized carbons (Fsp3) is 0.739. The molecule has 340 valence electrons. The van der Waals surface area contributed by atoms with Crippen LogP contribution < -0.4 is 0 Å². The first kappa shape index (κ1) is 61.3. The van der Waals surface area contributed by atoms with Crippen LogP contribution in [0.3, 0.4) is 0 Å². The summed E-state index contributed by atoms with van der Waals surface area (Å²) in [7, 11) is 0. The highest BCUT2D eigenvalue weighted by molar-refractivity contribution is 5.87. The van der Waals surface area contributed by atoms with E-state index in [0.717, 1.165) is 77.1 Å². The minimum absolute atomic E-state index is 0.314. The molecule has 0 bridgehead atoms. The van der Waals surface area contributed by atoms with E-state index in [4.69, 9.17) is 33.2 Å². The van der Waals surface area contributed by atoms with Gasteiger partial charge in [0.05, 0.1) is 26.4 Å². The van der Waals surface area contributed by atoms with Crippen LogP contribution in [0.4, 0.5) is 0 Å². The van der Waals surface area contributed by atoms with Gasteiger partial charge in [-0.2, -0.15) is 0 Å². The predicted octanol–water partition coefficient (Wildman–Crippen LogP) is 9.74. The number of esters is 4. The molecular weight excluding hydrogens is 744 g/mol. The molecule has 58 heavy (non-hydrogen) atoms. The fourth-order valence-corrected chi connectivity index (χ4v) is 4.15. The van der Waals surface area contributed by atoms with Crippen molar-refractivity contribution in [3.8, 4) is 0 Å². The molecule has 0 aromatic carbocycles. The van der Waals surface area contributed by atoms with Crippen molar-refractivity contribution in [2.24, 2.45) is 11.8 Å². The molecule has 0 aromatic heterocycles. The zero-order valence-electron chi connectivity index (χ0n) is 38.0. The van der Waals surface area contributed by atoms with Crippen LogP contribution in [0.5, 0.6) is 0 Å². The lowest BCUT2D eigenvalue weighted by Gasteiger charge is -2.14. The van der Waals surface area contributed by atoms with Crippen LogP contribution in [0.1, 0.15) is 132 Å². The molecule has 0 aliphatic carbocycles. The lowest BCUT2D eigenvalue weighted by atomic mass is 10.0. The molecule has 0 heterocycles. The van der Waals surface area contributed by atoms with Crippen LogP contribution in [-0.2, 0) is 57.1 Å². The van der Waals surface area contributed by atoms with Crippen LogP contribution in [0.25, 0.3) is 0 Å². The summed E-state index contributed by atoms with van der Waals surface area (Å²) in [4.78, 5) is 43.1. The zero-order valence-corrected chi connectivity index (χ0v) is 38.0. The Balaban J connectivity index is -0.000000338. The Bertz CT molecular complexity index is 1030. The van der Waals surface area contributed by atoms with E-state index in [-0.39, 0.29) is 17.9 Å². The second kappa shape index (κ2) is 49.8. The number of rotatable bonds is 34. The Morgan fingerprint density at radius 2 is 0.759 bits per heavy atom. The van der Waals surface area contributed by atoms with E-state index < -0.39 is 5.97 Å². The summed E-state index contributed by atoms with van der Waals surface area (Å²) >= 11 is 0. The Labute approximate surface area is 353 Å². The minimum atomic E-state index is -0.394. The number of carbonyl (C=O) groups excluding carboxylic acids is 4. The number of hydrogen-bond acceptors (Lipinski definition) is 12. The first-order valence-corrected chi connectivity index (χ1v) is 21.4. The number of hydrogen-bond donors (Lipinski definition) is 0. The molecule has 0 spiro atoms. The molecule has 0 radical (unpaired) electrons. The number of ether oxygens (including phenoxy) is 8. The van der Waals surface area contributed by atoms with E-state index in [2.05, 4.69) is 72.6 Å². The molecule has 0 aliphatic heterocycles. The van der Waals surface area contributed by atoms with E-state index >= 15 is 0 Å². The van der Waals surface area contributed by atoms with Crippen molar-refractivity contribution < 1.29 is 57.1 Å². The molecule has 0 saturated carbocycles. The van der Waals surface area contributed by atoms with Crippen LogP contribution in [-0.4, -0.2) is 103 Å². The molecule has 12 heteroatoms. The van der Waals surface area contributed by atoms with Gasteiger partial charge in [0.2, 0.25) is 0 Å². The van der Waals surface area contributed by atoms with Crippen LogP contribution in [0.15, 0.2) is 49.6 Å². The molecule has 12 nitrogen and oxygen atoms in total. The van der Waals surface area contributed by atoms with Gasteiger partial charge in [0, 0.05) is 49.7 Å². The van der Waals surface area contributed by atoms with E-state index in [9.17, 15) is 19.2 Å². The second-order valence-electron chi connectivity index (χ2n) is 13.5. The topological polar surface area (TPSA) is 142 Å². The van der Waals surface area contributed by atoms with Crippen molar-refractivity contribution in [2.75, 3.05) is 79.3 Å². The van der Waals surface area contributed by atoms with Gasteiger partial charge in [-0.1, -0.05) is 119 Å². The standard InChI is InChI=1S/C14H26O3.C13H24O3.C10H18O3.C9H16O3/c1-5-7-8-13(6-2)11-16-9-10-17-14(15)12(3)4;1-4-7-8-12(5-2)11-15-9-10-16-13(14)6-3;1-4-5-6-12-7-8-13-10(11)9(2)3;1-3-5-6-11-7-8-12-9(10)4-2/h13H,3,5-11H2,1-2,4H3;6,12H,3-5,7-11H2,1-2H3;2,4-8H2,1,3H3;4H,2-3,5-8H2,1H3. The lowest BCUT2D eigenvalue weighted by Crippen LogP contribution is -2.14. The lowest BCUT2D eigenvalue weighted by molar-refractivity contribution is -0.141. The molecule has 0 amide bonds. The first-order chi connectivity index (χ1) is 27.8. The quantitative estimate of drug-likeness (QED) is 0.0264. The fourth-order valence-electron chi connectivity index (χ4n) is 4.15. The maximum absolute atomic E-state index is 11.1. The molecule has 0 fully saturated rings. The summed E-state index contributed by atoms with van der Waals surface area (Å²) in [6.45, 7) is 36.0. The van der Waals surface area contributed by atoms with Crippen molar-refractivity contribution in [2.45, 2.75) is 132 Å². The highest BCUT2D eigenvalue weighted by Crippen LogP contribution is 2.13. The Kier molecular flexibility index (Phi) is 52.7. The smallest absolute Gasteiger partial charge is 0.333 e. The van der Waals surface area contributed by atoms with Crippen LogP contribution >= 0.6 is 0 Å². The van der Waals surface area contributed by atoms with Gasteiger partial charge in [-0.25, -0.2) is 19.2 Å². The van der Waals surface area contributed by atoms with Crippen LogP contribution in [0, 0.1) is 11.8 Å². The normalized spacial score (nSPS) is 11.0. The summed E-state index contributed by atoms with van der Waals surface area (Å²) in [5.74, 6) is -0.205. The van der Waals surface area contributed by atoms with Crippen molar-refractivity contribution in [1.82, 2.24) is 0 Å².